The van der Waals surface area contributed by atoms with E-state index in [2.05, 4.69) is 43.4 Å². The smallest absolute Gasteiger partial charge is 0.259 e. The van der Waals surface area contributed by atoms with Crippen molar-refractivity contribution in [2.75, 3.05) is 33.3 Å². The van der Waals surface area contributed by atoms with Crippen LogP contribution < -0.4 is 15.6 Å². The third-order valence-corrected chi connectivity index (χ3v) is 6.30. The molecular weight excluding hydrogens is 366 g/mol. The Balaban J connectivity index is 1.73. The van der Waals surface area contributed by atoms with E-state index in [1.807, 2.05) is 11.0 Å². The third kappa shape index (κ3) is 3.57. The number of nitrogens with zero attached hydrogens (tertiary/aromatic N) is 2. The van der Waals surface area contributed by atoms with Crippen LogP contribution >= 0.6 is 0 Å². The molecule has 4 rings (SSSR count). The highest BCUT2D eigenvalue weighted by Crippen LogP contribution is 2.43. The van der Waals surface area contributed by atoms with E-state index in [0.29, 0.717) is 37.4 Å². The van der Waals surface area contributed by atoms with Crippen LogP contribution in [-0.2, 0) is 13.0 Å². The molecule has 0 spiro atoms. The molecule has 1 atom stereocenters. The number of ether oxygens (including phenoxy) is 1. The van der Waals surface area contributed by atoms with Gasteiger partial charge in [0, 0.05) is 56.8 Å². The van der Waals surface area contributed by atoms with Gasteiger partial charge in [0.1, 0.15) is 11.3 Å². The minimum absolute atomic E-state index is 0.0334. The highest BCUT2D eigenvalue weighted by atomic mass is 16.5. The number of amides is 1. The Hall–Kier alpha value is -2.60. The number of rotatable bonds is 3. The first-order valence-corrected chi connectivity index (χ1v) is 10.3. The normalized spacial score (nSPS) is 20.8. The Labute approximate surface area is 171 Å². The van der Waals surface area contributed by atoms with Crippen molar-refractivity contribution in [3.05, 3.63) is 63.6 Å². The topological polar surface area (TPSA) is 63.6 Å². The number of nitrogens with one attached hydrogen (secondary N) is 1. The molecule has 2 aliphatic heterocycles. The molecule has 154 valence electrons. The summed E-state index contributed by atoms with van der Waals surface area (Å²) in [7, 11) is 1.53. The summed E-state index contributed by atoms with van der Waals surface area (Å²) >= 11 is 0. The second-order valence-corrected chi connectivity index (χ2v) is 8.66. The Kier molecular flexibility index (Phi) is 5.21. The van der Waals surface area contributed by atoms with Crippen molar-refractivity contribution in [3.63, 3.8) is 0 Å². The van der Waals surface area contributed by atoms with Gasteiger partial charge in [-0.3, -0.25) is 9.59 Å². The molecule has 1 saturated heterocycles. The van der Waals surface area contributed by atoms with Crippen LogP contribution in [-0.4, -0.2) is 48.7 Å². The number of benzene rings is 1. The van der Waals surface area contributed by atoms with Crippen LogP contribution in [0.1, 0.15) is 41.4 Å². The highest BCUT2D eigenvalue weighted by molar-refractivity contribution is 5.98. The van der Waals surface area contributed by atoms with E-state index in [1.165, 1.54) is 18.7 Å². The summed E-state index contributed by atoms with van der Waals surface area (Å²) in [5, 5.41) is 3.31. The molecule has 0 radical (unpaired) electrons. The van der Waals surface area contributed by atoms with Gasteiger partial charge in [-0.1, -0.05) is 44.2 Å². The Morgan fingerprint density at radius 1 is 1.21 bits per heavy atom. The summed E-state index contributed by atoms with van der Waals surface area (Å²) in [5.74, 6) is 0.610. The quantitative estimate of drug-likeness (QED) is 0.866. The van der Waals surface area contributed by atoms with E-state index in [4.69, 9.17) is 4.74 Å². The first-order chi connectivity index (χ1) is 13.9. The van der Waals surface area contributed by atoms with Crippen molar-refractivity contribution < 1.29 is 9.53 Å². The molecule has 3 heterocycles. The van der Waals surface area contributed by atoms with Crippen LogP contribution in [0.25, 0.3) is 0 Å². The van der Waals surface area contributed by atoms with Gasteiger partial charge in [0.05, 0.1) is 7.11 Å². The number of pyridine rings is 1. The van der Waals surface area contributed by atoms with E-state index in [9.17, 15) is 9.59 Å². The average Bonchev–Trinajstić information content (AvgIpc) is 2.88. The molecule has 1 fully saturated rings. The summed E-state index contributed by atoms with van der Waals surface area (Å²) in [5.41, 5.74) is 2.44. The van der Waals surface area contributed by atoms with Gasteiger partial charge in [0.25, 0.3) is 11.5 Å². The minimum Gasteiger partial charge on any atom is -0.496 e. The number of hydrogen-bond acceptors (Lipinski definition) is 4. The third-order valence-electron chi connectivity index (χ3n) is 6.30. The molecule has 1 amide bonds. The van der Waals surface area contributed by atoms with Gasteiger partial charge in [-0.25, -0.2) is 0 Å². The van der Waals surface area contributed by atoms with E-state index < -0.39 is 0 Å². The Bertz CT molecular complexity index is 965. The van der Waals surface area contributed by atoms with Gasteiger partial charge >= 0.3 is 0 Å². The monoisotopic (exact) mass is 395 g/mol. The zero-order valence-electron chi connectivity index (χ0n) is 17.4. The Morgan fingerprint density at radius 2 is 1.97 bits per heavy atom. The molecule has 1 aromatic carbocycles. The summed E-state index contributed by atoms with van der Waals surface area (Å²) in [4.78, 5) is 28.2. The lowest BCUT2D eigenvalue weighted by atomic mass is 9.78. The standard InChI is InChI=1S/C23H29N3O3/c1-23(2)15-25(14-17(23)16-7-5-4-6-8-16)22(28)21-18-9-10-24-11-12-26(18)20(27)13-19(21)29-3/h4-8,13,17,24H,9-12,14-15H2,1-3H3/t17-/m0/s1. The maximum absolute atomic E-state index is 13.7. The molecule has 29 heavy (non-hydrogen) atoms. The van der Waals surface area contributed by atoms with Gasteiger partial charge in [-0.2, -0.15) is 0 Å². The zero-order valence-corrected chi connectivity index (χ0v) is 17.4. The van der Waals surface area contributed by atoms with E-state index >= 15 is 0 Å². The van der Waals surface area contributed by atoms with E-state index in [1.54, 1.807) is 4.57 Å². The van der Waals surface area contributed by atoms with Crippen molar-refractivity contribution in [1.82, 2.24) is 14.8 Å². The SMILES string of the molecule is COc1cc(=O)n2c(c1C(=O)N1C[C@@H](c3ccccc3)C(C)(C)C1)CCNCC2. The zero-order chi connectivity index (χ0) is 20.6. The molecule has 2 aliphatic rings. The molecule has 6 nitrogen and oxygen atoms in total. The number of fused-ring (bicyclic) bond motifs is 1. The maximum atomic E-state index is 13.7. The van der Waals surface area contributed by atoms with Crippen LogP contribution in [0.15, 0.2) is 41.2 Å². The van der Waals surface area contributed by atoms with Crippen LogP contribution in [0.2, 0.25) is 0 Å². The largest absolute Gasteiger partial charge is 0.496 e. The molecule has 1 N–H and O–H groups in total. The minimum atomic E-state index is -0.110. The van der Waals surface area contributed by atoms with Gasteiger partial charge in [0.15, 0.2) is 0 Å². The molecule has 2 aromatic rings. The van der Waals surface area contributed by atoms with E-state index in [0.717, 1.165) is 18.8 Å². The lowest BCUT2D eigenvalue weighted by molar-refractivity contribution is 0.0772. The number of hydrogen-bond donors (Lipinski definition) is 1. The second-order valence-electron chi connectivity index (χ2n) is 8.66. The first-order valence-electron chi connectivity index (χ1n) is 10.3. The Morgan fingerprint density at radius 3 is 2.69 bits per heavy atom. The van der Waals surface area contributed by atoms with Crippen molar-refractivity contribution in [3.8, 4) is 5.75 Å². The van der Waals surface area contributed by atoms with Crippen molar-refractivity contribution >= 4 is 5.91 Å². The molecular formula is C23H29N3O3. The van der Waals surface area contributed by atoms with E-state index in [-0.39, 0.29) is 22.8 Å². The maximum Gasteiger partial charge on any atom is 0.259 e. The summed E-state index contributed by atoms with van der Waals surface area (Å²) in [6.07, 6.45) is 0.632. The van der Waals surface area contributed by atoms with Gasteiger partial charge in [0.2, 0.25) is 0 Å². The van der Waals surface area contributed by atoms with Crippen LogP contribution in [0, 0.1) is 5.41 Å². The summed E-state index contributed by atoms with van der Waals surface area (Å²) in [6, 6.07) is 11.9. The predicted octanol–water partition coefficient (Wildman–Crippen LogP) is 2.27. The van der Waals surface area contributed by atoms with Gasteiger partial charge in [-0.05, 0) is 11.0 Å². The van der Waals surface area contributed by atoms with Crippen molar-refractivity contribution in [1.29, 1.82) is 0 Å². The second kappa shape index (κ2) is 7.67. The number of likely N-dealkylation sites (tertiary alicyclic amines) is 1. The fourth-order valence-electron chi connectivity index (χ4n) is 4.78. The van der Waals surface area contributed by atoms with Gasteiger partial charge < -0.3 is 19.5 Å². The number of methoxy groups -OCH3 is 1. The highest BCUT2D eigenvalue weighted by Gasteiger charge is 2.43. The average molecular weight is 396 g/mol. The molecule has 1 aromatic heterocycles. The number of carbonyl (C=O) groups excluding carboxylic acids is 1. The fraction of sp³-hybridized carbons (Fsp3) is 0.478. The molecule has 0 unspecified atom stereocenters. The predicted molar refractivity (Wildman–Crippen MR) is 113 cm³/mol. The molecule has 0 saturated carbocycles. The lowest BCUT2D eigenvalue weighted by Crippen LogP contribution is -2.34. The fourth-order valence-corrected chi connectivity index (χ4v) is 4.78. The number of carbonyl (C=O) groups is 1. The molecule has 6 heteroatoms. The van der Waals surface area contributed by atoms with Crippen molar-refractivity contribution in [2.45, 2.75) is 32.7 Å². The van der Waals surface area contributed by atoms with Crippen LogP contribution in [0.5, 0.6) is 5.75 Å². The number of aromatic nitrogens is 1. The molecule has 0 bridgehead atoms. The lowest BCUT2D eigenvalue weighted by Gasteiger charge is -2.25. The van der Waals surface area contributed by atoms with Gasteiger partial charge in [-0.15, -0.1) is 0 Å². The van der Waals surface area contributed by atoms with Crippen LogP contribution in [0.4, 0.5) is 0 Å². The first kappa shape index (κ1) is 19.7. The molecule has 0 aliphatic carbocycles. The summed E-state index contributed by atoms with van der Waals surface area (Å²) < 4.78 is 7.22. The summed E-state index contributed by atoms with van der Waals surface area (Å²) in [6.45, 7) is 7.80. The van der Waals surface area contributed by atoms with Crippen molar-refractivity contribution in [2.24, 2.45) is 5.41 Å². The van der Waals surface area contributed by atoms with Crippen LogP contribution in [0.3, 0.4) is 0 Å².